The highest BCUT2D eigenvalue weighted by atomic mass is 32.1. The molecule has 5 heteroatoms. The Labute approximate surface area is 151 Å². The SMILES string of the molecule is Cc1ccc(-c2nc(CCNC(=O)Nc3ccccc3C)cs2)cc1. The summed E-state index contributed by atoms with van der Waals surface area (Å²) in [6, 6.07) is 15.9. The molecule has 0 atom stereocenters. The van der Waals surface area contributed by atoms with Gasteiger partial charge in [-0.15, -0.1) is 11.3 Å². The topological polar surface area (TPSA) is 54.0 Å². The van der Waals surface area contributed by atoms with Gasteiger partial charge in [-0.05, 0) is 25.5 Å². The first-order valence-electron chi connectivity index (χ1n) is 8.24. The van der Waals surface area contributed by atoms with Crippen LogP contribution in [0, 0.1) is 13.8 Å². The van der Waals surface area contributed by atoms with Crippen LogP contribution in [0.3, 0.4) is 0 Å². The second kappa shape index (κ2) is 7.94. The van der Waals surface area contributed by atoms with Gasteiger partial charge in [0.15, 0.2) is 0 Å². The smallest absolute Gasteiger partial charge is 0.319 e. The molecule has 0 saturated carbocycles. The monoisotopic (exact) mass is 351 g/mol. The van der Waals surface area contributed by atoms with E-state index in [-0.39, 0.29) is 6.03 Å². The summed E-state index contributed by atoms with van der Waals surface area (Å²) in [5.74, 6) is 0. The van der Waals surface area contributed by atoms with Crippen molar-refractivity contribution in [2.24, 2.45) is 0 Å². The largest absolute Gasteiger partial charge is 0.337 e. The van der Waals surface area contributed by atoms with Crippen molar-refractivity contribution >= 4 is 23.1 Å². The number of nitrogens with one attached hydrogen (secondary N) is 2. The Morgan fingerprint density at radius 3 is 2.60 bits per heavy atom. The Morgan fingerprint density at radius 2 is 1.84 bits per heavy atom. The van der Waals surface area contributed by atoms with Crippen LogP contribution in [-0.2, 0) is 6.42 Å². The zero-order valence-electron chi connectivity index (χ0n) is 14.4. The van der Waals surface area contributed by atoms with Crippen molar-refractivity contribution in [3.63, 3.8) is 0 Å². The van der Waals surface area contributed by atoms with Gasteiger partial charge < -0.3 is 10.6 Å². The fourth-order valence-corrected chi connectivity index (χ4v) is 3.29. The molecule has 0 aliphatic heterocycles. The normalized spacial score (nSPS) is 10.5. The Balaban J connectivity index is 1.50. The van der Waals surface area contributed by atoms with Crippen molar-refractivity contribution in [1.82, 2.24) is 10.3 Å². The zero-order valence-corrected chi connectivity index (χ0v) is 15.2. The summed E-state index contributed by atoms with van der Waals surface area (Å²) in [6.07, 6.45) is 0.712. The molecule has 0 radical (unpaired) electrons. The number of thiazole rings is 1. The van der Waals surface area contributed by atoms with E-state index in [0.29, 0.717) is 13.0 Å². The maximum atomic E-state index is 12.0. The van der Waals surface area contributed by atoms with Crippen LogP contribution in [0.4, 0.5) is 10.5 Å². The third-order valence-corrected chi connectivity index (χ3v) is 4.85. The minimum Gasteiger partial charge on any atom is -0.337 e. The lowest BCUT2D eigenvalue weighted by atomic mass is 10.2. The fourth-order valence-electron chi connectivity index (χ4n) is 2.43. The predicted molar refractivity (Wildman–Crippen MR) is 104 cm³/mol. The number of hydrogen-bond donors (Lipinski definition) is 2. The van der Waals surface area contributed by atoms with Gasteiger partial charge in [0.1, 0.15) is 5.01 Å². The van der Waals surface area contributed by atoms with Crippen LogP contribution in [0.1, 0.15) is 16.8 Å². The van der Waals surface area contributed by atoms with E-state index in [2.05, 4.69) is 52.2 Å². The number of carbonyl (C=O) groups is 1. The molecule has 3 rings (SSSR count). The lowest BCUT2D eigenvalue weighted by Gasteiger charge is -2.09. The van der Waals surface area contributed by atoms with Crippen molar-refractivity contribution in [1.29, 1.82) is 0 Å². The van der Waals surface area contributed by atoms with Gasteiger partial charge in [0, 0.05) is 29.6 Å². The first-order chi connectivity index (χ1) is 12.1. The van der Waals surface area contributed by atoms with Crippen LogP contribution >= 0.6 is 11.3 Å². The van der Waals surface area contributed by atoms with Crippen molar-refractivity contribution in [2.45, 2.75) is 20.3 Å². The minimum atomic E-state index is -0.191. The van der Waals surface area contributed by atoms with Gasteiger partial charge in [-0.25, -0.2) is 9.78 Å². The molecular weight excluding hydrogens is 330 g/mol. The zero-order chi connectivity index (χ0) is 17.6. The maximum Gasteiger partial charge on any atom is 0.319 e. The lowest BCUT2D eigenvalue weighted by molar-refractivity contribution is 0.252. The summed E-state index contributed by atoms with van der Waals surface area (Å²) in [4.78, 5) is 16.6. The maximum absolute atomic E-state index is 12.0. The number of aryl methyl sites for hydroxylation is 2. The van der Waals surface area contributed by atoms with E-state index in [0.717, 1.165) is 27.5 Å². The third kappa shape index (κ3) is 4.67. The molecule has 4 nitrogen and oxygen atoms in total. The lowest BCUT2D eigenvalue weighted by Crippen LogP contribution is -2.30. The van der Waals surface area contributed by atoms with E-state index in [1.807, 2.05) is 31.2 Å². The molecule has 25 heavy (non-hydrogen) atoms. The van der Waals surface area contributed by atoms with Crippen LogP contribution in [0.25, 0.3) is 10.6 Å². The average Bonchev–Trinajstić information content (AvgIpc) is 3.06. The van der Waals surface area contributed by atoms with Crippen LogP contribution in [0.5, 0.6) is 0 Å². The number of hydrogen-bond acceptors (Lipinski definition) is 3. The second-order valence-electron chi connectivity index (χ2n) is 5.96. The number of benzene rings is 2. The molecule has 0 saturated heterocycles. The summed E-state index contributed by atoms with van der Waals surface area (Å²) in [7, 11) is 0. The number of aromatic nitrogens is 1. The highest BCUT2D eigenvalue weighted by molar-refractivity contribution is 7.13. The molecule has 0 aliphatic rings. The quantitative estimate of drug-likeness (QED) is 0.694. The Kier molecular flexibility index (Phi) is 5.46. The van der Waals surface area contributed by atoms with E-state index >= 15 is 0 Å². The van der Waals surface area contributed by atoms with E-state index in [9.17, 15) is 4.79 Å². The van der Waals surface area contributed by atoms with Crippen LogP contribution < -0.4 is 10.6 Å². The number of amides is 2. The second-order valence-corrected chi connectivity index (χ2v) is 6.81. The van der Waals surface area contributed by atoms with Gasteiger partial charge in [-0.2, -0.15) is 0 Å². The van der Waals surface area contributed by atoms with Crippen molar-refractivity contribution in [3.05, 3.63) is 70.7 Å². The number of anilines is 1. The molecule has 0 unspecified atom stereocenters. The average molecular weight is 351 g/mol. The van der Waals surface area contributed by atoms with Crippen LogP contribution in [0.15, 0.2) is 53.9 Å². The predicted octanol–water partition coefficient (Wildman–Crippen LogP) is 4.79. The first-order valence-corrected chi connectivity index (χ1v) is 9.12. The summed E-state index contributed by atoms with van der Waals surface area (Å²) >= 11 is 1.63. The molecule has 1 heterocycles. The number of carbonyl (C=O) groups excluding carboxylic acids is 1. The van der Waals surface area contributed by atoms with Gasteiger partial charge in [0.2, 0.25) is 0 Å². The van der Waals surface area contributed by atoms with Crippen LogP contribution in [0.2, 0.25) is 0 Å². The molecule has 0 bridgehead atoms. The number of rotatable bonds is 5. The fraction of sp³-hybridized carbons (Fsp3) is 0.200. The highest BCUT2D eigenvalue weighted by Crippen LogP contribution is 2.24. The van der Waals surface area contributed by atoms with Crippen molar-refractivity contribution in [3.8, 4) is 10.6 Å². The number of urea groups is 1. The van der Waals surface area contributed by atoms with E-state index in [4.69, 9.17) is 0 Å². The number of nitrogens with zero attached hydrogens (tertiary/aromatic N) is 1. The van der Waals surface area contributed by atoms with E-state index in [1.54, 1.807) is 11.3 Å². The Bertz CT molecular complexity index is 855. The first kappa shape index (κ1) is 17.2. The molecular formula is C20H21N3OS. The van der Waals surface area contributed by atoms with Crippen molar-refractivity contribution in [2.75, 3.05) is 11.9 Å². The highest BCUT2D eigenvalue weighted by Gasteiger charge is 2.06. The van der Waals surface area contributed by atoms with E-state index < -0.39 is 0 Å². The molecule has 2 N–H and O–H groups in total. The molecule has 0 spiro atoms. The molecule has 3 aromatic rings. The molecule has 2 amide bonds. The van der Waals surface area contributed by atoms with E-state index in [1.165, 1.54) is 5.56 Å². The molecule has 0 aliphatic carbocycles. The summed E-state index contributed by atoms with van der Waals surface area (Å²) in [6.45, 7) is 4.59. The molecule has 128 valence electrons. The summed E-state index contributed by atoms with van der Waals surface area (Å²) in [5.41, 5.74) is 5.24. The Morgan fingerprint density at radius 1 is 1.08 bits per heavy atom. The molecule has 1 aromatic heterocycles. The third-order valence-electron chi connectivity index (χ3n) is 3.91. The van der Waals surface area contributed by atoms with Gasteiger partial charge in [-0.3, -0.25) is 0 Å². The van der Waals surface area contributed by atoms with Gasteiger partial charge >= 0.3 is 6.03 Å². The summed E-state index contributed by atoms with van der Waals surface area (Å²) < 4.78 is 0. The van der Waals surface area contributed by atoms with Gasteiger partial charge in [0.05, 0.1) is 5.69 Å². The number of para-hydroxylation sites is 1. The van der Waals surface area contributed by atoms with Gasteiger partial charge in [0.25, 0.3) is 0 Å². The molecule has 2 aromatic carbocycles. The Hall–Kier alpha value is -2.66. The van der Waals surface area contributed by atoms with Crippen molar-refractivity contribution < 1.29 is 4.79 Å². The van der Waals surface area contributed by atoms with Gasteiger partial charge in [-0.1, -0.05) is 48.0 Å². The molecule has 0 fully saturated rings. The minimum absolute atomic E-state index is 0.191. The summed E-state index contributed by atoms with van der Waals surface area (Å²) in [5, 5.41) is 8.81. The standard InChI is InChI=1S/C20H21N3OS/c1-14-7-9-16(10-8-14)19-22-17(13-25-19)11-12-21-20(24)23-18-6-4-3-5-15(18)2/h3-10,13H,11-12H2,1-2H3,(H2,21,23,24). The van der Waals surface area contributed by atoms with Crippen LogP contribution in [-0.4, -0.2) is 17.6 Å².